The van der Waals surface area contributed by atoms with Crippen LogP contribution in [0.3, 0.4) is 0 Å². The molecule has 2 heterocycles. The van der Waals surface area contributed by atoms with Crippen LogP contribution in [0.25, 0.3) is 0 Å². The van der Waals surface area contributed by atoms with Gasteiger partial charge in [-0.15, -0.1) is 11.3 Å². The van der Waals surface area contributed by atoms with Crippen molar-refractivity contribution in [1.82, 2.24) is 15.3 Å². The molecule has 0 unspecified atom stereocenters. The summed E-state index contributed by atoms with van der Waals surface area (Å²) in [5, 5.41) is 3.66. The molecule has 8 heteroatoms. The number of amides is 1. The van der Waals surface area contributed by atoms with Crippen LogP contribution in [0.15, 0.2) is 15.1 Å². The number of nitrogens with zero attached hydrogens (tertiary/aromatic N) is 1. The van der Waals surface area contributed by atoms with E-state index in [-0.39, 0.29) is 11.9 Å². The first-order chi connectivity index (χ1) is 9.52. The summed E-state index contributed by atoms with van der Waals surface area (Å²) in [5.74, 6) is -0.0951. The smallest absolute Gasteiger partial charge is 0.267 e. The predicted molar refractivity (Wildman–Crippen MR) is 86.0 cm³/mol. The molecule has 1 aliphatic carbocycles. The Bertz CT molecular complexity index is 647. The van der Waals surface area contributed by atoms with Crippen molar-refractivity contribution < 1.29 is 4.79 Å². The number of aryl methyl sites for hydroxylation is 1. The van der Waals surface area contributed by atoms with Crippen molar-refractivity contribution in [3.63, 3.8) is 0 Å². The topological polar surface area (TPSA) is 83.8 Å². The third-order valence-corrected chi connectivity index (χ3v) is 5.99. The number of nitrogens with one attached hydrogen (secondary N) is 2. The zero-order valence-corrected chi connectivity index (χ0v) is 14.4. The number of hydrogen-bond donors (Lipinski definition) is 3. The highest BCUT2D eigenvalue weighted by Gasteiger charge is 2.24. The first-order valence-corrected chi connectivity index (χ1v) is 8.52. The summed E-state index contributed by atoms with van der Waals surface area (Å²) in [4.78, 5) is 20.7. The number of nitrogen functional groups attached to an aromatic ring is 1. The summed E-state index contributed by atoms with van der Waals surface area (Å²) in [5.41, 5.74) is 7.35. The van der Waals surface area contributed by atoms with Crippen molar-refractivity contribution in [2.45, 2.75) is 25.3 Å². The molecule has 0 radical (unpaired) electrons. The average Bonchev–Trinajstić information content (AvgIpc) is 2.91. The molecule has 3 rings (SSSR count). The minimum absolute atomic E-state index is 0.0951. The van der Waals surface area contributed by atoms with Crippen molar-refractivity contribution >= 4 is 54.2 Å². The lowest BCUT2D eigenvalue weighted by Crippen LogP contribution is -2.38. The Hall–Kier alpha value is -0.860. The molecule has 2 aromatic heterocycles. The van der Waals surface area contributed by atoms with Gasteiger partial charge in [0.25, 0.3) is 5.91 Å². The lowest BCUT2D eigenvalue weighted by molar-refractivity contribution is 0.0929. The zero-order chi connectivity index (χ0) is 14.3. The maximum atomic E-state index is 12.2. The van der Waals surface area contributed by atoms with Crippen molar-refractivity contribution in [2.75, 3.05) is 5.73 Å². The lowest BCUT2D eigenvalue weighted by Gasteiger charge is -2.22. The number of anilines is 1. The van der Waals surface area contributed by atoms with E-state index in [0.29, 0.717) is 10.8 Å². The van der Waals surface area contributed by atoms with E-state index in [9.17, 15) is 4.79 Å². The molecule has 0 aliphatic heterocycles. The molecule has 1 amide bonds. The van der Waals surface area contributed by atoms with E-state index in [1.807, 2.05) is 0 Å². The maximum Gasteiger partial charge on any atom is 0.267 e. The van der Waals surface area contributed by atoms with Crippen LogP contribution in [0.1, 0.15) is 27.5 Å². The molecule has 106 valence electrons. The monoisotopic (exact) mass is 418 g/mol. The number of H-pyrrole nitrogens is 1. The number of halogens is 2. The van der Waals surface area contributed by atoms with Gasteiger partial charge in [-0.3, -0.25) is 4.79 Å². The summed E-state index contributed by atoms with van der Waals surface area (Å²) < 4.78 is 1.60. The third kappa shape index (κ3) is 2.77. The maximum absolute atomic E-state index is 12.2. The average molecular weight is 420 g/mol. The van der Waals surface area contributed by atoms with E-state index < -0.39 is 0 Å². The van der Waals surface area contributed by atoms with Crippen LogP contribution in [0, 0.1) is 0 Å². The number of carbonyl (C=O) groups is 1. The zero-order valence-electron chi connectivity index (χ0n) is 10.4. The molecule has 0 saturated carbocycles. The summed E-state index contributed by atoms with van der Waals surface area (Å²) in [6, 6.07) is 1.90. The van der Waals surface area contributed by atoms with E-state index in [0.717, 1.165) is 34.0 Å². The second kappa shape index (κ2) is 5.50. The summed E-state index contributed by atoms with van der Waals surface area (Å²) in [6.07, 6.45) is 2.57. The minimum atomic E-state index is -0.0951. The largest absolute Gasteiger partial charge is 0.375 e. The van der Waals surface area contributed by atoms with Gasteiger partial charge in [0.2, 0.25) is 0 Å². The van der Waals surface area contributed by atoms with E-state index in [1.54, 1.807) is 6.07 Å². The van der Waals surface area contributed by atoms with Crippen LogP contribution < -0.4 is 11.1 Å². The Kier molecular flexibility index (Phi) is 3.87. The van der Waals surface area contributed by atoms with Crippen LogP contribution in [0.5, 0.6) is 0 Å². The molecular weight excluding hydrogens is 408 g/mol. The molecule has 0 aromatic carbocycles. The van der Waals surface area contributed by atoms with Gasteiger partial charge in [0, 0.05) is 17.3 Å². The number of nitrogens with two attached hydrogens (primary N) is 1. The fourth-order valence-corrected chi connectivity index (χ4v) is 3.92. The van der Waals surface area contributed by atoms with E-state index in [1.165, 1.54) is 16.2 Å². The highest BCUT2D eigenvalue weighted by molar-refractivity contribution is 9.13. The molecule has 1 atom stereocenters. The highest BCUT2D eigenvalue weighted by Crippen LogP contribution is 2.28. The van der Waals surface area contributed by atoms with Gasteiger partial charge in [0.1, 0.15) is 5.69 Å². The van der Waals surface area contributed by atoms with Gasteiger partial charge in [0.05, 0.1) is 14.8 Å². The van der Waals surface area contributed by atoms with Crippen molar-refractivity contribution in [3.8, 4) is 0 Å². The Morgan fingerprint density at radius 3 is 3.05 bits per heavy atom. The van der Waals surface area contributed by atoms with E-state index in [2.05, 4.69) is 47.1 Å². The summed E-state index contributed by atoms with van der Waals surface area (Å²) >= 11 is 8.20. The second-order valence-corrected chi connectivity index (χ2v) is 7.44. The highest BCUT2D eigenvalue weighted by atomic mass is 79.9. The standard InChI is InChI=1S/C12H12Br2N4OS/c13-6-4-8(17-10(6)14)11(19)16-5-1-2-7-9(3-5)20-12(15)18-7/h4-5,17H,1-3H2,(H2,15,18)(H,16,19)/t5-/m0/s1. The Morgan fingerprint density at radius 2 is 2.35 bits per heavy atom. The van der Waals surface area contributed by atoms with E-state index >= 15 is 0 Å². The molecule has 0 saturated heterocycles. The van der Waals surface area contributed by atoms with Crippen LogP contribution in [-0.4, -0.2) is 21.9 Å². The molecule has 4 N–H and O–H groups in total. The summed E-state index contributed by atoms with van der Waals surface area (Å²) in [7, 11) is 0. The van der Waals surface area contributed by atoms with Gasteiger partial charge in [0.15, 0.2) is 5.13 Å². The molecule has 1 aliphatic rings. The molecule has 0 bridgehead atoms. The number of fused-ring (bicyclic) bond motifs is 1. The van der Waals surface area contributed by atoms with Crippen LogP contribution in [-0.2, 0) is 12.8 Å². The number of aromatic amines is 1. The number of rotatable bonds is 2. The SMILES string of the molecule is Nc1nc2c(s1)C[C@@H](NC(=O)c1cc(Br)c(Br)[nH]1)CC2. The molecular formula is C12H12Br2N4OS. The number of hydrogen-bond acceptors (Lipinski definition) is 4. The molecule has 5 nitrogen and oxygen atoms in total. The van der Waals surface area contributed by atoms with Crippen LogP contribution in [0.4, 0.5) is 5.13 Å². The quantitative estimate of drug-likeness (QED) is 0.699. The molecule has 0 spiro atoms. The van der Waals surface area contributed by atoms with Gasteiger partial charge in [-0.05, 0) is 50.8 Å². The fraction of sp³-hybridized carbons (Fsp3) is 0.333. The van der Waals surface area contributed by atoms with Gasteiger partial charge in [-0.25, -0.2) is 4.98 Å². The Morgan fingerprint density at radius 1 is 1.55 bits per heavy atom. The minimum Gasteiger partial charge on any atom is -0.375 e. The normalized spacial score (nSPS) is 17.8. The molecule has 0 fully saturated rings. The molecule has 2 aromatic rings. The number of thiazole rings is 1. The lowest BCUT2D eigenvalue weighted by atomic mass is 9.97. The van der Waals surface area contributed by atoms with Crippen molar-refractivity contribution in [2.24, 2.45) is 0 Å². The third-order valence-electron chi connectivity index (χ3n) is 3.26. The Labute approximate surface area is 136 Å². The van der Waals surface area contributed by atoms with Gasteiger partial charge < -0.3 is 16.0 Å². The fourth-order valence-electron chi connectivity index (χ4n) is 2.31. The van der Waals surface area contributed by atoms with Gasteiger partial charge >= 0.3 is 0 Å². The Balaban J connectivity index is 1.68. The van der Waals surface area contributed by atoms with Gasteiger partial charge in [-0.2, -0.15) is 0 Å². The van der Waals surface area contributed by atoms with E-state index in [4.69, 9.17) is 5.73 Å². The van der Waals surface area contributed by atoms with Crippen LogP contribution in [0.2, 0.25) is 0 Å². The molecule has 20 heavy (non-hydrogen) atoms. The summed E-state index contributed by atoms with van der Waals surface area (Å²) in [6.45, 7) is 0. The van der Waals surface area contributed by atoms with Crippen molar-refractivity contribution in [3.05, 3.63) is 31.4 Å². The van der Waals surface area contributed by atoms with Crippen LogP contribution >= 0.6 is 43.2 Å². The first kappa shape index (κ1) is 14.1. The van der Waals surface area contributed by atoms with Gasteiger partial charge in [-0.1, -0.05) is 0 Å². The first-order valence-electron chi connectivity index (χ1n) is 6.12. The predicted octanol–water partition coefficient (Wildman–Crippen LogP) is 2.87. The van der Waals surface area contributed by atoms with Crippen molar-refractivity contribution in [1.29, 1.82) is 0 Å². The number of carbonyl (C=O) groups excluding carboxylic acids is 1. The second-order valence-electron chi connectivity index (χ2n) is 4.68. The number of aromatic nitrogens is 2.